The van der Waals surface area contributed by atoms with Crippen molar-refractivity contribution in [1.29, 1.82) is 0 Å². The fraction of sp³-hybridized carbons (Fsp3) is 0.217. The lowest BCUT2D eigenvalue weighted by Crippen LogP contribution is -2.50. The third-order valence-corrected chi connectivity index (χ3v) is 7.28. The van der Waals surface area contributed by atoms with Crippen molar-refractivity contribution in [3.8, 4) is 11.3 Å². The van der Waals surface area contributed by atoms with Gasteiger partial charge in [-0.3, -0.25) is 9.78 Å². The molecule has 0 bridgehead atoms. The number of rotatable bonds is 4. The number of carbonyl (C=O) groups excluding carboxylic acids is 1. The molecule has 6 nitrogen and oxygen atoms in total. The number of pyridine rings is 1. The Morgan fingerprint density at radius 3 is 2.16 bits per heavy atom. The van der Waals surface area contributed by atoms with Gasteiger partial charge in [-0.15, -0.1) is 0 Å². The number of sulfonamides is 1. The number of hydrogen-bond acceptors (Lipinski definition) is 4. The molecule has 3 aromatic rings. The van der Waals surface area contributed by atoms with Gasteiger partial charge in [0.2, 0.25) is 10.0 Å². The molecular formula is C23H22FN3O3S. The zero-order chi connectivity index (χ0) is 22.0. The van der Waals surface area contributed by atoms with Gasteiger partial charge in [0.1, 0.15) is 5.82 Å². The quantitative estimate of drug-likeness (QED) is 0.625. The molecule has 4 rings (SSSR count). The molecule has 160 valence electrons. The van der Waals surface area contributed by atoms with Crippen molar-refractivity contribution in [3.05, 3.63) is 83.8 Å². The Morgan fingerprint density at radius 2 is 1.55 bits per heavy atom. The van der Waals surface area contributed by atoms with Gasteiger partial charge in [-0.1, -0.05) is 30.3 Å². The van der Waals surface area contributed by atoms with Crippen LogP contribution >= 0.6 is 0 Å². The van der Waals surface area contributed by atoms with Crippen molar-refractivity contribution in [3.63, 3.8) is 0 Å². The van der Waals surface area contributed by atoms with Crippen LogP contribution in [0.1, 0.15) is 16.1 Å². The number of aromatic nitrogens is 1. The first kappa shape index (κ1) is 21.1. The van der Waals surface area contributed by atoms with E-state index in [1.807, 2.05) is 36.4 Å². The molecule has 1 aromatic heterocycles. The SMILES string of the molecule is Cc1nc(-c2ccccc2)ccc1C(=O)N1CCN(S(=O)(=O)c2ccc(F)cc2)CC1. The highest BCUT2D eigenvalue weighted by molar-refractivity contribution is 7.89. The number of hydrogen-bond donors (Lipinski definition) is 0. The summed E-state index contributed by atoms with van der Waals surface area (Å²) in [4.78, 5) is 19.3. The molecule has 1 aliphatic rings. The Hall–Kier alpha value is -3.10. The zero-order valence-corrected chi connectivity index (χ0v) is 17.8. The van der Waals surface area contributed by atoms with Gasteiger partial charge in [-0.05, 0) is 43.3 Å². The normalized spacial score (nSPS) is 15.1. The Morgan fingerprint density at radius 1 is 0.903 bits per heavy atom. The number of aryl methyl sites for hydroxylation is 1. The molecule has 1 fully saturated rings. The van der Waals surface area contributed by atoms with Crippen LogP contribution in [0, 0.1) is 12.7 Å². The lowest BCUT2D eigenvalue weighted by atomic mass is 10.1. The second-order valence-corrected chi connectivity index (χ2v) is 9.28. The van der Waals surface area contributed by atoms with Crippen LogP contribution in [0.3, 0.4) is 0 Å². The molecular weight excluding hydrogens is 417 g/mol. The summed E-state index contributed by atoms with van der Waals surface area (Å²) < 4.78 is 40.0. The van der Waals surface area contributed by atoms with Crippen LogP contribution in [0.15, 0.2) is 71.6 Å². The molecule has 0 atom stereocenters. The molecule has 0 N–H and O–H groups in total. The maximum Gasteiger partial charge on any atom is 0.255 e. The summed E-state index contributed by atoms with van der Waals surface area (Å²) in [5, 5.41) is 0. The van der Waals surface area contributed by atoms with Crippen LogP contribution in [-0.2, 0) is 10.0 Å². The molecule has 0 saturated carbocycles. The van der Waals surface area contributed by atoms with Gasteiger partial charge in [-0.25, -0.2) is 12.8 Å². The Labute approximate surface area is 181 Å². The van der Waals surface area contributed by atoms with E-state index in [0.717, 1.165) is 23.4 Å². The van der Waals surface area contributed by atoms with Gasteiger partial charge < -0.3 is 4.90 Å². The maximum absolute atomic E-state index is 13.1. The highest BCUT2D eigenvalue weighted by Gasteiger charge is 2.31. The third kappa shape index (κ3) is 4.35. The van der Waals surface area contributed by atoms with Gasteiger partial charge in [0, 0.05) is 31.7 Å². The largest absolute Gasteiger partial charge is 0.336 e. The fourth-order valence-corrected chi connectivity index (χ4v) is 5.04. The highest BCUT2D eigenvalue weighted by atomic mass is 32.2. The fourth-order valence-electron chi connectivity index (χ4n) is 3.61. The lowest BCUT2D eigenvalue weighted by molar-refractivity contribution is 0.0696. The number of halogens is 1. The molecule has 1 aliphatic heterocycles. The van der Waals surface area contributed by atoms with E-state index in [1.165, 1.54) is 16.4 Å². The molecule has 31 heavy (non-hydrogen) atoms. The van der Waals surface area contributed by atoms with E-state index in [1.54, 1.807) is 17.9 Å². The molecule has 2 heterocycles. The number of nitrogens with zero attached hydrogens (tertiary/aromatic N) is 3. The van der Waals surface area contributed by atoms with E-state index >= 15 is 0 Å². The molecule has 0 spiro atoms. The second-order valence-electron chi connectivity index (χ2n) is 7.35. The molecule has 1 saturated heterocycles. The number of piperazine rings is 1. The summed E-state index contributed by atoms with van der Waals surface area (Å²) in [6.45, 7) is 2.72. The molecule has 0 unspecified atom stereocenters. The summed E-state index contributed by atoms with van der Waals surface area (Å²) in [6.07, 6.45) is 0. The Bertz CT molecular complexity index is 1190. The standard InChI is InChI=1S/C23H22FN3O3S/c1-17-21(11-12-22(25-17)18-5-3-2-4-6-18)23(28)26-13-15-27(16-14-26)31(29,30)20-9-7-19(24)8-10-20/h2-12H,13-16H2,1H3. The van der Waals surface area contributed by atoms with Gasteiger partial charge in [-0.2, -0.15) is 4.31 Å². The number of carbonyl (C=O) groups is 1. The van der Waals surface area contributed by atoms with Crippen molar-refractivity contribution >= 4 is 15.9 Å². The van der Waals surface area contributed by atoms with E-state index in [2.05, 4.69) is 4.98 Å². The summed E-state index contributed by atoms with van der Waals surface area (Å²) in [6, 6.07) is 18.1. The minimum Gasteiger partial charge on any atom is -0.336 e. The monoisotopic (exact) mass is 439 g/mol. The predicted octanol–water partition coefficient (Wildman–Crippen LogP) is 3.34. The van der Waals surface area contributed by atoms with Crippen LogP contribution in [0.2, 0.25) is 0 Å². The highest BCUT2D eigenvalue weighted by Crippen LogP contribution is 2.22. The van der Waals surface area contributed by atoms with Crippen molar-refractivity contribution in [2.45, 2.75) is 11.8 Å². The van der Waals surface area contributed by atoms with E-state index in [-0.39, 0.29) is 37.0 Å². The molecule has 8 heteroatoms. The summed E-state index contributed by atoms with van der Waals surface area (Å²) >= 11 is 0. The van der Waals surface area contributed by atoms with Crippen molar-refractivity contribution in [2.75, 3.05) is 26.2 Å². The summed E-state index contributed by atoms with van der Waals surface area (Å²) in [5.74, 6) is -0.653. The predicted molar refractivity (Wildman–Crippen MR) is 115 cm³/mol. The first-order valence-corrected chi connectivity index (χ1v) is 11.4. The smallest absolute Gasteiger partial charge is 0.255 e. The molecule has 0 radical (unpaired) electrons. The number of benzene rings is 2. The minimum atomic E-state index is -3.72. The lowest BCUT2D eigenvalue weighted by Gasteiger charge is -2.34. The van der Waals surface area contributed by atoms with Crippen molar-refractivity contribution < 1.29 is 17.6 Å². The van der Waals surface area contributed by atoms with Crippen LogP contribution in [-0.4, -0.2) is 54.7 Å². The zero-order valence-electron chi connectivity index (χ0n) is 17.0. The van der Waals surface area contributed by atoms with Gasteiger partial charge in [0.15, 0.2) is 0 Å². The van der Waals surface area contributed by atoms with Crippen molar-refractivity contribution in [1.82, 2.24) is 14.2 Å². The summed E-state index contributed by atoms with van der Waals surface area (Å²) in [7, 11) is -3.72. The minimum absolute atomic E-state index is 0.0465. The van der Waals surface area contributed by atoms with E-state index in [4.69, 9.17) is 0 Å². The van der Waals surface area contributed by atoms with Crippen LogP contribution in [0.4, 0.5) is 4.39 Å². The van der Waals surface area contributed by atoms with Crippen LogP contribution in [0.25, 0.3) is 11.3 Å². The Kier molecular flexibility index (Phi) is 5.84. The van der Waals surface area contributed by atoms with E-state index in [0.29, 0.717) is 11.3 Å². The number of amides is 1. The maximum atomic E-state index is 13.1. The average Bonchev–Trinajstić information content (AvgIpc) is 2.79. The molecule has 1 amide bonds. The van der Waals surface area contributed by atoms with Crippen LogP contribution < -0.4 is 0 Å². The van der Waals surface area contributed by atoms with Crippen molar-refractivity contribution in [2.24, 2.45) is 0 Å². The average molecular weight is 440 g/mol. The van der Waals surface area contributed by atoms with Gasteiger partial charge in [0.25, 0.3) is 5.91 Å². The second kappa shape index (κ2) is 8.56. The van der Waals surface area contributed by atoms with E-state index < -0.39 is 15.8 Å². The van der Waals surface area contributed by atoms with Crippen LogP contribution in [0.5, 0.6) is 0 Å². The summed E-state index contributed by atoms with van der Waals surface area (Å²) in [5.41, 5.74) is 2.91. The molecule has 0 aliphatic carbocycles. The van der Waals surface area contributed by atoms with E-state index in [9.17, 15) is 17.6 Å². The molecule has 2 aromatic carbocycles. The Balaban J connectivity index is 1.45. The first-order valence-electron chi connectivity index (χ1n) is 9.94. The third-order valence-electron chi connectivity index (χ3n) is 5.36. The van der Waals surface area contributed by atoms with Gasteiger partial charge in [0.05, 0.1) is 21.8 Å². The first-order chi connectivity index (χ1) is 14.9. The topological polar surface area (TPSA) is 70.6 Å². The van der Waals surface area contributed by atoms with Gasteiger partial charge >= 0.3 is 0 Å².